The molecule has 184 valence electrons. The van der Waals surface area contributed by atoms with Crippen molar-refractivity contribution in [3.05, 3.63) is 78.1 Å². The zero-order chi connectivity index (χ0) is 24.7. The summed E-state index contributed by atoms with van der Waals surface area (Å²) >= 11 is 0. The van der Waals surface area contributed by atoms with Crippen molar-refractivity contribution < 1.29 is 14.3 Å². The van der Waals surface area contributed by atoms with Gasteiger partial charge in [-0.3, -0.25) is 4.98 Å². The van der Waals surface area contributed by atoms with Crippen LogP contribution in [0.15, 0.2) is 77.2 Å². The SMILES string of the molecule is CCCCCCCCCCOc1ccc(C(=O)Oc2ccc(N=Nc3ccncc3)c(C)c2)cc1. The Labute approximate surface area is 208 Å². The van der Waals surface area contributed by atoms with E-state index in [0.29, 0.717) is 23.6 Å². The van der Waals surface area contributed by atoms with Gasteiger partial charge in [0.15, 0.2) is 0 Å². The van der Waals surface area contributed by atoms with Gasteiger partial charge in [-0.1, -0.05) is 51.9 Å². The van der Waals surface area contributed by atoms with Crippen molar-refractivity contribution in [2.45, 2.75) is 65.2 Å². The van der Waals surface area contributed by atoms with Crippen molar-refractivity contribution >= 4 is 17.3 Å². The van der Waals surface area contributed by atoms with E-state index in [9.17, 15) is 4.79 Å². The van der Waals surface area contributed by atoms with Crippen LogP contribution in [0.1, 0.15) is 74.2 Å². The van der Waals surface area contributed by atoms with E-state index in [0.717, 1.165) is 23.4 Å². The minimum atomic E-state index is -0.412. The number of carbonyl (C=O) groups is 1. The predicted octanol–water partition coefficient (Wildman–Crippen LogP) is 8.54. The third-order valence-corrected chi connectivity index (χ3v) is 5.67. The molecule has 3 aromatic rings. The number of esters is 1. The Bertz CT molecular complexity index is 1070. The highest BCUT2D eigenvalue weighted by atomic mass is 16.5. The highest BCUT2D eigenvalue weighted by molar-refractivity contribution is 5.91. The summed E-state index contributed by atoms with van der Waals surface area (Å²) in [5.41, 5.74) is 2.76. The number of carbonyl (C=O) groups excluding carboxylic acids is 1. The number of benzene rings is 2. The topological polar surface area (TPSA) is 73.1 Å². The zero-order valence-electron chi connectivity index (χ0n) is 20.8. The Morgan fingerprint density at radius 3 is 2.14 bits per heavy atom. The van der Waals surface area contributed by atoms with E-state index in [1.54, 1.807) is 54.9 Å². The van der Waals surface area contributed by atoms with Crippen LogP contribution in [0.2, 0.25) is 0 Å². The van der Waals surface area contributed by atoms with Crippen molar-refractivity contribution in [3.8, 4) is 11.5 Å². The number of unbranched alkanes of at least 4 members (excludes halogenated alkanes) is 7. The summed E-state index contributed by atoms with van der Waals surface area (Å²) in [4.78, 5) is 16.5. The molecule has 0 saturated heterocycles. The van der Waals surface area contributed by atoms with E-state index in [1.165, 1.54) is 44.9 Å². The molecule has 0 saturated carbocycles. The number of rotatable bonds is 14. The molecule has 0 unspecified atom stereocenters. The van der Waals surface area contributed by atoms with Crippen molar-refractivity contribution in [1.82, 2.24) is 4.98 Å². The molecule has 6 nitrogen and oxygen atoms in total. The minimum Gasteiger partial charge on any atom is -0.494 e. The van der Waals surface area contributed by atoms with Crippen LogP contribution < -0.4 is 9.47 Å². The first-order valence-corrected chi connectivity index (χ1v) is 12.5. The lowest BCUT2D eigenvalue weighted by Gasteiger charge is -2.08. The van der Waals surface area contributed by atoms with Gasteiger partial charge in [0, 0.05) is 12.4 Å². The molecule has 0 bridgehead atoms. The summed E-state index contributed by atoms with van der Waals surface area (Å²) in [5.74, 6) is 0.819. The van der Waals surface area contributed by atoms with Gasteiger partial charge < -0.3 is 9.47 Å². The second-order valence-corrected chi connectivity index (χ2v) is 8.59. The Morgan fingerprint density at radius 2 is 1.46 bits per heavy atom. The predicted molar refractivity (Wildman–Crippen MR) is 139 cm³/mol. The Kier molecular flexibility index (Phi) is 10.9. The molecule has 3 rings (SSSR count). The molecule has 35 heavy (non-hydrogen) atoms. The third kappa shape index (κ3) is 9.32. The van der Waals surface area contributed by atoms with Crippen molar-refractivity contribution in [1.29, 1.82) is 0 Å². The van der Waals surface area contributed by atoms with Gasteiger partial charge in [0.2, 0.25) is 0 Å². The first kappa shape index (κ1) is 26.1. The van der Waals surface area contributed by atoms with Gasteiger partial charge in [-0.25, -0.2) is 4.79 Å². The summed E-state index contributed by atoms with van der Waals surface area (Å²) in [6.07, 6.45) is 13.5. The normalized spacial score (nSPS) is 11.0. The molecule has 0 spiro atoms. The van der Waals surface area contributed by atoms with Gasteiger partial charge in [-0.15, -0.1) is 0 Å². The van der Waals surface area contributed by atoms with E-state index in [1.807, 2.05) is 19.1 Å². The molecule has 1 aromatic heterocycles. The number of hydrogen-bond acceptors (Lipinski definition) is 6. The monoisotopic (exact) mass is 473 g/mol. The highest BCUT2D eigenvalue weighted by Crippen LogP contribution is 2.26. The van der Waals surface area contributed by atoms with E-state index in [4.69, 9.17) is 9.47 Å². The van der Waals surface area contributed by atoms with Gasteiger partial charge in [-0.05, 0) is 73.5 Å². The molecular weight excluding hydrogens is 438 g/mol. The van der Waals surface area contributed by atoms with Crippen molar-refractivity contribution in [2.75, 3.05) is 6.61 Å². The van der Waals surface area contributed by atoms with Crippen LogP contribution in [0.3, 0.4) is 0 Å². The Morgan fingerprint density at radius 1 is 0.800 bits per heavy atom. The number of nitrogens with zero attached hydrogens (tertiary/aromatic N) is 3. The standard InChI is InChI=1S/C29H35N3O3/c1-3-4-5-6-7-8-9-10-21-34-26-13-11-24(12-14-26)29(33)35-27-15-16-28(23(2)22-27)32-31-25-17-19-30-20-18-25/h11-20,22H,3-10,21H2,1-2H3. The lowest BCUT2D eigenvalue weighted by atomic mass is 10.1. The largest absolute Gasteiger partial charge is 0.494 e. The summed E-state index contributed by atoms with van der Waals surface area (Å²) in [5, 5.41) is 8.46. The molecule has 0 atom stereocenters. The lowest BCUT2D eigenvalue weighted by molar-refractivity contribution is 0.0734. The molecule has 0 aliphatic heterocycles. The van der Waals surface area contributed by atoms with Gasteiger partial charge in [0.25, 0.3) is 0 Å². The number of azo groups is 1. The maximum absolute atomic E-state index is 12.5. The fourth-order valence-electron chi connectivity index (χ4n) is 3.61. The van der Waals surface area contributed by atoms with Gasteiger partial charge in [-0.2, -0.15) is 10.2 Å². The van der Waals surface area contributed by atoms with Crippen LogP contribution in [0.4, 0.5) is 11.4 Å². The van der Waals surface area contributed by atoms with E-state index in [-0.39, 0.29) is 0 Å². The molecule has 0 amide bonds. The Hall–Kier alpha value is -3.54. The smallest absolute Gasteiger partial charge is 0.343 e. The van der Waals surface area contributed by atoms with Gasteiger partial charge in [0.1, 0.15) is 11.5 Å². The number of ether oxygens (including phenoxy) is 2. The van der Waals surface area contributed by atoms with Crippen LogP contribution in [0.5, 0.6) is 11.5 Å². The molecule has 0 radical (unpaired) electrons. The van der Waals surface area contributed by atoms with Crippen LogP contribution in [0, 0.1) is 6.92 Å². The molecule has 2 aromatic carbocycles. The summed E-state index contributed by atoms with van der Waals surface area (Å²) in [6, 6.07) is 15.9. The fraction of sp³-hybridized carbons (Fsp3) is 0.379. The molecule has 6 heteroatoms. The molecule has 0 aliphatic carbocycles. The minimum absolute atomic E-state index is 0.412. The van der Waals surface area contributed by atoms with E-state index >= 15 is 0 Å². The Balaban J connectivity index is 1.42. The molecule has 0 aliphatic rings. The van der Waals surface area contributed by atoms with Gasteiger partial charge >= 0.3 is 5.97 Å². The van der Waals surface area contributed by atoms with Crippen LogP contribution in [-0.4, -0.2) is 17.6 Å². The third-order valence-electron chi connectivity index (χ3n) is 5.67. The fourth-order valence-corrected chi connectivity index (χ4v) is 3.61. The number of aryl methyl sites for hydroxylation is 1. The first-order valence-electron chi connectivity index (χ1n) is 12.5. The van der Waals surface area contributed by atoms with Crippen molar-refractivity contribution in [2.24, 2.45) is 10.2 Å². The number of hydrogen-bond donors (Lipinski definition) is 0. The molecular formula is C29H35N3O3. The lowest BCUT2D eigenvalue weighted by Crippen LogP contribution is -2.08. The van der Waals surface area contributed by atoms with Crippen LogP contribution >= 0.6 is 0 Å². The first-order chi connectivity index (χ1) is 17.2. The van der Waals surface area contributed by atoms with Crippen LogP contribution in [0.25, 0.3) is 0 Å². The van der Waals surface area contributed by atoms with Crippen molar-refractivity contribution in [3.63, 3.8) is 0 Å². The second-order valence-electron chi connectivity index (χ2n) is 8.59. The number of aromatic nitrogens is 1. The number of pyridine rings is 1. The molecule has 1 heterocycles. The van der Waals surface area contributed by atoms with E-state index < -0.39 is 5.97 Å². The molecule has 0 fully saturated rings. The van der Waals surface area contributed by atoms with Crippen LogP contribution in [-0.2, 0) is 0 Å². The average molecular weight is 474 g/mol. The summed E-state index contributed by atoms with van der Waals surface area (Å²) in [6.45, 7) is 4.84. The summed E-state index contributed by atoms with van der Waals surface area (Å²) < 4.78 is 11.4. The quantitative estimate of drug-likeness (QED) is 0.102. The molecule has 0 N–H and O–H groups in total. The maximum Gasteiger partial charge on any atom is 0.343 e. The zero-order valence-corrected chi connectivity index (χ0v) is 20.8. The maximum atomic E-state index is 12.5. The highest BCUT2D eigenvalue weighted by Gasteiger charge is 2.10. The van der Waals surface area contributed by atoms with Gasteiger partial charge in [0.05, 0.1) is 23.5 Å². The van der Waals surface area contributed by atoms with E-state index in [2.05, 4.69) is 22.1 Å². The summed E-state index contributed by atoms with van der Waals surface area (Å²) in [7, 11) is 0. The second kappa shape index (κ2) is 14.7. The average Bonchev–Trinajstić information content (AvgIpc) is 2.88.